The van der Waals surface area contributed by atoms with Crippen LogP contribution in [0.3, 0.4) is 0 Å². The number of carboxylic acids is 1. The van der Waals surface area contributed by atoms with E-state index in [-0.39, 0.29) is 0 Å². The predicted molar refractivity (Wildman–Crippen MR) is 43.2 cm³/mol. The summed E-state index contributed by atoms with van der Waals surface area (Å²) in [6.07, 6.45) is -1.15. The molecule has 0 fully saturated rings. The Morgan fingerprint density at radius 1 is 1.50 bits per heavy atom. The fourth-order valence-electron chi connectivity index (χ4n) is 0.204. The molecule has 0 spiro atoms. The van der Waals surface area contributed by atoms with Gasteiger partial charge in [0.2, 0.25) is 0 Å². The van der Waals surface area contributed by atoms with Gasteiger partial charge >= 0.3 is 12.1 Å². The summed E-state index contributed by atoms with van der Waals surface area (Å²) in [5.41, 5.74) is 0. The van der Waals surface area contributed by atoms with E-state index in [2.05, 4.69) is 16.2 Å². The maximum Gasteiger partial charge on any atom is 0.490 e. The van der Waals surface area contributed by atoms with E-state index in [0.29, 0.717) is 0 Å². The van der Waals surface area contributed by atoms with Gasteiger partial charge in [0.05, 0.1) is 0 Å². The minimum absolute atomic E-state index is 1.26. The number of hydrogen-bond donors (Lipinski definition) is 1. The van der Waals surface area contributed by atoms with Gasteiger partial charge in [-0.2, -0.15) is 13.2 Å². The number of unbranched alkanes of at least 4 members (excludes halogenated alkanes) is 1. The van der Waals surface area contributed by atoms with Crippen LogP contribution in [0.4, 0.5) is 13.2 Å². The number of carboxylic acid groups (broad SMARTS) is 1. The molecular weight excluding hydrogens is 192 g/mol. The highest BCUT2D eigenvalue weighted by Gasteiger charge is 2.38. The Labute approximate surface area is 71.4 Å². The van der Waals surface area contributed by atoms with E-state index >= 15 is 0 Å². The van der Waals surface area contributed by atoms with E-state index < -0.39 is 12.1 Å². The van der Waals surface area contributed by atoms with Crippen LogP contribution in [-0.4, -0.2) is 23.4 Å². The van der Waals surface area contributed by atoms with E-state index in [9.17, 15) is 13.2 Å². The Kier molecular flexibility index (Phi) is 8.71. The zero-order chi connectivity index (χ0) is 10.2. The van der Waals surface area contributed by atoms with Gasteiger partial charge in [0, 0.05) is 0 Å². The molecule has 6 heteroatoms. The van der Waals surface area contributed by atoms with Gasteiger partial charge in [-0.3, -0.25) is 0 Å². The van der Waals surface area contributed by atoms with Crippen LogP contribution in [0.1, 0.15) is 19.8 Å². The summed E-state index contributed by atoms with van der Waals surface area (Å²) in [5.74, 6) is -2.76. The van der Waals surface area contributed by atoms with Gasteiger partial charge in [-0.25, -0.2) is 4.79 Å². The van der Waals surface area contributed by atoms with Gasteiger partial charge in [-0.15, -0.1) is 9.24 Å². The van der Waals surface area contributed by atoms with Gasteiger partial charge in [-0.05, 0) is 6.16 Å². The van der Waals surface area contributed by atoms with Crippen molar-refractivity contribution in [1.82, 2.24) is 0 Å². The molecule has 0 amide bonds. The lowest BCUT2D eigenvalue weighted by molar-refractivity contribution is -0.192. The molecule has 0 saturated carbocycles. The van der Waals surface area contributed by atoms with Crippen molar-refractivity contribution in [2.75, 3.05) is 6.16 Å². The van der Waals surface area contributed by atoms with Crippen LogP contribution in [0.25, 0.3) is 0 Å². The Balaban J connectivity index is 0. The summed E-state index contributed by atoms with van der Waals surface area (Å²) < 4.78 is 31.7. The second-order valence-electron chi connectivity index (χ2n) is 1.95. The molecule has 1 unspecified atom stereocenters. The van der Waals surface area contributed by atoms with Crippen molar-refractivity contribution in [2.45, 2.75) is 25.9 Å². The summed E-state index contributed by atoms with van der Waals surface area (Å²) in [6, 6.07) is 0. The van der Waals surface area contributed by atoms with Crippen molar-refractivity contribution >= 4 is 15.2 Å². The fraction of sp³-hybridized carbons (Fsp3) is 0.833. The molecule has 0 heterocycles. The smallest absolute Gasteiger partial charge is 0.475 e. The third-order valence-corrected chi connectivity index (χ3v) is 1.21. The highest BCUT2D eigenvalue weighted by atomic mass is 31.0. The van der Waals surface area contributed by atoms with Gasteiger partial charge in [-0.1, -0.05) is 19.8 Å². The zero-order valence-corrected chi connectivity index (χ0v) is 7.84. The molecule has 0 radical (unpaired) electrons. The first-order valence-electron chi connectivity index (χ1n) is 3.36. The molecule has 2 nitrogen and oxygen atoms in total. The highest BCUT2D eigenvalue weighted by Crippen LogP contribution is 2.13. The molecule has 1 N–H and O–H groups in total. The number of carbonyl (C=O) groups is 1. The summed E-state index contributed by atoms with van der Waals surface area (Å²) in [6.45, 7) is 2.20. The van der Waals surface area contributed by atoms with Crippen molar-refractivity contribution in [3.63, 3.8) is 0 Å². The minimum atomic E-state index is -5.08. The Bertz CT molecular complexity index is 122. The van der Waals surface area contributed by atoms with Gasteiger partial charge in [0.15, 0.2) is 0 Å². The van der Waals surface area contributed by atoms with Crippen LogP contribution in [0, 0.1) is 0 Å². The van der Waals surface area contributed by atoms with Crippen molar-refractivity contribution in [3.05, 3.63) is 0 Å². The first-order valence-corrected chi connectivity index (χ1v) is 4.18. The maximum absolute atomic E-state index is 10.6. The second-order valence-corrected chi connectivity index (χ2v) is 2.52. The van der Waals surface area contributed by atoms with Crippen LogP contribution in [-0.2, 0) is 4.79 Å². The summed E-state index contributed by atoms with van der Waals surface area (Å²) in [7, 11) is 2.70. The molecule has 0 rings (SSSR count). The maximum atomic E-state index is 10.6. The zero-order valence-electron chi connectivity index (χ0n) is 6.69. The number of halogens is 3. The van der Waals surface area contributed by atoms with E-state index in [1.165, 1.54) is 19.0 Å². The molecule has 74 valence electrons. The van der Waals surface area contributed by atoms with Crippen LogP contribution in [0.5, 0.6) is 0 Å². The predicted octanol–water partition coefficient (Wildman–Crippen LogP) is 2.29. The number of aliphatic carboxylic acids is 1. The Morgan fingerprint density at radius 2 is 1.83 bits per heavy atom. The summed E-state index contributed by atoms with van der Waals surface area (Å²) >= 11 is 0. The van der Waals surface area contributed by atoms with Crippen LogP contribution in [0.2, 0.25) is 0 Å². The summed E-state index contributed by atoms with van der Waals surface area (Å²) in [5, 5.41) is 7.12. The molecule has 0 aliphatic heterocycles. The fourth-order valence-corrected chi connectivity index (χ4v) is 0.612. The third kappa shape index (κ3) is 12.4. The van der Waals surface area contributed by atoms with E-state index in [0.717, 1.165) is 0 Å². The molecule has 0 aliphatic rings. The lowest BCUT2D eigenvalue weighted by atomic mass is 10.4. The first kappa shape index (κ1) is 14.2. The van der Waals surface area contributed by atoms with Crippen LogP contribution >= 0.6 is 9.24 Å². The van der Waals surface area contributed by atoms with Crippen molar-refractivity contribution in [3.8, 4) is 0 Å². The van der Waals surface area contributed by atoms with E-state index in [1.807, 2.05) is 0 Å². The normalized spacial score (nSPS) is 10.1. The summed E-state index contributed by atoms with van der Waals surface area (Å²) in [4.78, 5) is 8.90. The molecule has 0 aromatic carbocycles. The highest BCUT2D eigenvalue weighted by molar-refractivity contribution is 7.16. The molecule has 1 atom stereocenters. The molecule has 0 saturated heterocycles. The van der Waals surface area contributed by atoms with Gasteiger partial charge in [0.25, 0.3) is 0 Å². The minimum Gasteiger partial charge on any atom is -0.475 e. The molecule has 0 aromatic rings. The molecular formula is C6H12F3O2P. The molecule has 0 aliphatic carbocycles. The quantitative estimate of drug-likeness (QED) is 0.700. The molecule has 0 aromatic heterocycles. The molecule has 0 bridgehead atoms. The van der Waals surface area contributed by atoms with E-state index in [1.54, 1.807) is 0 Å². The average molecular weight is 204 g/mol. The van der Waals surface area contributed by atoms with Crippen molar-refractivity contribution in [1.29, 1.82) is 0 Å². The Morgan fingerprint density at radius 3 is 1.83 bits per heavy atom. The van der Waals surface area contributed by atoms with Gasteiger partial charge < -0.3 is 5.11 Å². The number of rotatable bonds is 2. The van der Waals surface area contributed by atoms with Gasteiger partial charge in [0.1, 0.15) is 0 Å². The topological polar surface area (TPSA) is 37.3 Å². The van der Waals surface area contributed by atoms with Crippen molar-refractivity contribution in [2.24, 2.45) is 0 Å². The average Bonchev–Trinajstić information content (AvgIpc) is 1.88. The van der Waals surface area contributed by atoms with Crippen molar-refractivity contribution < 1.29 is 23.1 Å². The van der Waals surface area contributed by atoms with Crippen LogP contribution < -0.4 is 0 Å². The monoisotopic (exact) mass is 204 g/mol. The lowest BCUT2D eigenvalue weighted by Gasteiger charge is -1.93. The Hall–Kier alpha value is -0.310. The van der Waals surface area contributed by atoms with Crippen LogP contribution in [0.15, 0.2) is 0 Å². The number of alkyl halides is 3. The third-order valence-electron chi connectivity index (χ3n) is 0.800. The standard InChI is InChI=1S/C4H11P.C2HF3O2/c1-2-3-4-5;3-2(4,5)1(6)7/h2-5H2,1H3;(H,6,7). The molecule has 12 heavy (non-hydrogen) atoms. The van der Waals surface area contributed by atoms with E-state index in [4.69, 9.17) is 9.90 Å². The lowest BCUT2D eigenvalue weighted by Crippen LogP contribution is -2.21. The first-order chi connectivity index (χ1) is 5.36. The second kappa shape index (κ2) is 7.35. The SMILES string of the molecule is CCCCP.O=C(O)C(F)(F)F. The number of hydrogen-bond acceptors (Lipinski definition) is 1. The largest absolute Gasteiger partial charge is 0.490 e.